The monoisotopic (exact) mass is 383 g/mol. The van der Waals surface area contributed by atoms with Crippen LogP contribution >= 0.6 is 11.8 Å². The SMILES string of the molecule is Nn1c(SCCN2C(=O)c3ccccc3C2=O)nnc1-c1ccccc1F. The number of halogens is 1. The molecular formula is C18H14FN5O2S. The number of fused-ring (bicyclic) bond motifs is 1. The van der Waals surface area contributed by atoms with E-state index >= 15 is 0 Å². The Morgan fingerprint density at radius 2 is 1.52 bits per heavy atom. The van der Waals surface area contributed by atoms with Crippen molar-refractivity contribution in [2.24, 2.45) is 0 Å². The van der Waals surface area contributed by atoms with Crippen molar-refractivity contribution < 1.29 is 14.0 Å². The zero-order valence-corrected chi connectivity index (χ0v) is 14.8. The molecule has 2 heterocycles. The number of hydrogen-bond donors (Lipinski definition) is 1. The smallest absolute Gasteiger partial charge is 0.261 e. The van der Waals surface area contributed by atoms with Gasteiger partial charge in [0.2, 0.25) is 5.16 Å². The van der Waals surface area contributed by atoms with Crippen molar-refractivity contribution in [2.75, 3.05) is 18.1 Å². The Kier molecular flexibility index (Phi) is 4.36. The van der Waals surface area contributed by atoms with Crippen molar-refractivity contribution in [1.29, 1.82) is 0 Å². The second kappa shape index (κ2) is 6.84. The summed E-state index contributed by atoms with van der Waals surface area (Å²) in [5.41, 5.74) is 1.08. The third-order valence-corrected chi connectivity index (χ3v) is 5.13. The fraction of sp³-hybridized carbons (Fsp3) is 0.111. The Labute approximate surface area is 158 Å². The average molecular weight is 383 g/mol. The van der Waals surface area contributed by atoms with Gasteiger partial charge in [0.1, 0.15) is 5.82 Å². The number of thioether (sulfide) groups is 1. The van der Waals surface area contributed by atoms with Crippen molar-refractivity contribution in [2.45, 2.75) is 5.16 Å². The van der Waals surface area contributed by atoms with E-state index in [1.54, 1.807) is 42.5 Å². The summed E-state index contributed by atoms with van der Waals surface area (Å²) in [6, 6.07) is 12.9. The molecule has 1 aliphatic rings. The highest BCUT2D eigenvalue weighted by Crippen LogP contribution is 2.25. The molecule has 3 aromatic rings. The summed E-state index contributed by atoms with van der Waals surface area (Å²) in [5.74, 6) is 5.51. The topological polar surface area (TPSA) is 94.1 Å². The van der Waals surface area contributed by atoms with E-state index in [1.807, 2.05) is 0 Å². The lowest BCUT2D eigenvalue weighted by Gasteiger charge is -2.13. The maximum absolute atomic E-state index is 13.9. The van der Waals surface area contributed by atoms with Crippen LogP contribution in [0.4, 0.5) is 4.39 Å². The van der Waals surface area contributed by atoms with Crippen molar-refractivity contribution in [3.05, 3.63) is 65.5 Å². The molecule has 0 spiro atoms. The first kappa shape index (κ1) is 17.2. The molecule has 1 aromatic heterocycles. The van der Waals surface area contributed by atoms with Crippen molar-refractivity contribution in [3.8, 4) is 11.4 Å². The van der Waals surface area contributed by atoms with Gasteiger partial charge < -0.3 is 5.84 Å². The number of nitrogen functional groups attached to an aromatic ring is 1. The van der Waals surface area contributed by atoms with Crippen molar-refractivity contribution in [3.63, 3.8) is 0 Å². The van der Waals surface area contributed by atoms with Gasteiger partial charge in [-0.3, -0.25) is 14.5 Å². The van der Waals surface area contributed by atoms with Gasteiger partial charge in [0, 0.05) is 12.3 Å². The number of nitrogens with zero attached hydrogens (tertiary/aromatic N) is 4. The molecule has 2 N–H and O–H groups in total. The number of carbonyl (C=O) groups is 2. The number of rotatable bonds is 5. The van der Waals surface area contributed by atoms with E-state index in [9.17, 15) is 14.0 Å². The average Bonchev–Trinajstić information content (AvgIpc) is 3.15. The zero-order chi connectivity index (χ0) is 19.0. The van der Waals surface area contributed by atoms with Crippen LogP contribution < -0.4 is 5.84 Å². The molecule has 0 saturated carbocycles. The molecule has 2 aromatic carbocycles. The molecule has 0 saturated heterocycles. The molecule has 0 radical (unpaired) electrons. The molecule has 0 bridgehead atoms. The quantitative estimate of drug-likeness (QED) is 0.412. The lowest BCUT2D eigenvalue weighted by Crippen LogP contribution is -2.32. The highest BCUT2D eigenvalue weighted by atomic mass is 32.2. The van der Waals surface area contributed by atoms with Gasteiger partial charge in [-0.25, -0.2) is 9.07 Å². The summed E-state index contributed by atoms with van der Waals surface area (Å²) >= 11 is 1.23. The number of imide groups is 1. The van der Waals surface area contributed by atoms with Gasteiger partial charge in [0.05, 0.1) is 16.7 Å². The minimum absolute atomic E-state index is 0.205. The molecule has 0 atom stereocenters. The third-order valence-electron chi connectivity index (χ3n) is 4.20. The first-order valence-electron chi connectivity index (χ1n) is 8.11. The number of hydrogen-bond acceptors (Lipinski definition) is 6. The molecule has 4 rings (SSSR count). The first-order valence-corrected chi connectivity index (χ1v) is 9.10. The van der Waals surface area contributed by atoms with Gasteiger partial charge in [-0.1, -0.05) is 36.0 Å². The second-order valence-corrected chi connectivity index (χ2v) is 6.87. The molecular weight excluding hydrogens is 369 g/mol. The van der Waals surface area contributed by atoms with Crippen LogP contribution in [-0.4, -0.2) is 43.9 Å². The summed E-state index contributed by atoms with van der Waals surface area (Å²) in [6.07, 6.45) is 0. The minimum atomic E-state index is -0.445. The number of aromatic nitrogens is 3. The van der Waals surface area contributed by atoms with Crippen LogP contribution in [0.25, 0.3) is 11.4 Å². The molecule has 1 aliphatic heterocycles. The molecule has 136 valence electrons. The van der Waals surface area contributed by atoms with Crippen molar-refractivity contribution >= 4 is 23.6 Å². The van der Waals surface area contributed by atoms with Crippen LogP contribution in [0.3, 0.4) is 0 Å². The Balaban J connectivity index is 1.45. The Hall–Kier alpha value is -3.20. The van der Waals surface area contributed by atoms with E-state index in [1.165, 1.54) is 27.4 Å². The molecule has 7 nitrogen and oxygen atoms in total. The van der Waals surface area contributed by atoms with Crippen LogP contribution in [0.1, 0.15) is 20.7 Å². The van der Waals surface area contributed by atoms with Crippen LogP contribution in [0, 0.1) is 5.82 Å². The van der Waals surface area contributed by atoms with Gasteiger partial charge in [0.15, 0.2) is 5.82 Å². The normalized spacial score (nSPS) is 13.3. The predicted octanol–water partition coefficient (Wildman–Crippen LogP) is 2.19. The number of benzene rings is 2. The van der Waals surface area contributed by atoms with E-state index in [-0.39, 0.29) is 29.7 Å². The maximum Gasteiger partial charge on any atom is 0.261 e. The van der Waals surface area contributed by atoms with Gasteiger partial charge >= 0.3 is 0 Å². The fourth-order valence-electron chi connectivity index (χ4n) is 2.87. The number of amides is 2. The largest absolute Gasteiger partial charge is 0.335 e. The summed E-state index contributed by atoms with van der Waals surface area (Å²) in [5, 5.41) is 8.28. The Morgan fingerprint density at radius 3 is 2.15 bits per heavy atom. The lowest BCUT2D eigenvalue weighted by atomic mass is 10.1. The van der Waals surface area contributed by atoms with E-state index in [0.29, 0.717) is 22.0 Å². The number of carbonyl (C=O) groups excluding carboxylic acids is 2. The summed E-state index contributed by atoms with van der Waals surface area (Å²) < 4.78 is 15.1. The number of nitrogens with two attached hydrogens (primary N) is 1. The Bertz CT molecular complexity index is 1020. The third kappa shape index (κ3) is 2.95. The molecule has 2 amide bonds. The van der Waals surface area contributed by atoms with E-state index < -0.39 is 5.82 Å². The standard InChI is InChI=1S/C18H14FN5O2S/c19-14-8-4-3-7-13(14)15-21-22-18(24(15)20)27-10-9-23-16(25)11-5-1-2-6-12(11)17(23)26/h1-8H,9-10,20H2. The van der Waals surface area contributed by atoms with Gasteiger partial charge in [0.25, 0.3) is 11.8 Å². The summed E-state index contributed by atoms with van der Waals surface area (Å²) in [4.78, 5) is 25.9. The van der Waals surface area contributed by atoms with E-state index in [0.717, 1.165) is 0 Å². The van der Waals surface area contributed by atoms with Crippen LogP contribution in [0.15, 0.2) is 53.7 Å². The molecule has 0 aliphatic carbocycles. The van der Waals surface area contributed by atoms with Crippen LogP contribution in [0.2, 0.25) is 0 Å². The summed E-state index contributed by atoms with van der Waals surface area (Å²) in [7, 11) is 0. The van der Waals surface area contributed by atoms with Crippen LogP contribution in [-0.2, 0) is 0 Å². The first-order chi connectivity index (χ1) is 13.1. The molecule has 9 heteroatoms. The van der Waals surface area contributed by atoms with E-state index in [4.69, 9.17) is 5.84 Å². The molecule has 0 fully saturated rings. The highest BCUT2D eigenvalue weighted by Gasteiger charge is 2.34. The second-order valence-electron chi connectivity index (χ2n) is 5.81. The van der Waals surface area contributed by atoms with E-state index in [2.05, 4.69) is 10.2 Å². The lowest BCUT2D eigenvalue weighted by molar-refractivity contribution is 0.0664. The predicted molar refractivity (Wildman–Crippen MR) is 98.1 cm³/mol. The zero-order valence-electron chi connectivity index (χ0n) is 14.0. The fourth-order valence-corrected chi connectivity index (χ4v) is 3.65. The highest BCUT2D eigenvalue weighted by molar-refractivity contribution is 7.99. The minimum Gasteiger partial charge on any atom is -0.335 e. The molecule has 0 unspecified atom stereocenters. The summed E-state index contributed by atoms with van der Waals surface area (Å²) in [6.45, 7) is 0.207. The van der Waals surface area contributed by atoms with Crippen LogP contribution in [0.5, 0.6) is 0 Å². The Morgan fingerprint density at radius 1 is 0.926 bits per heavy atom. The van der Waals surface area contributed by atoms with Gasteiger partial charge in [-0.2, -0.15) is 0 Å². The maximum atomic E-state index is 13.9. The van der Waals surface area contributed by atoms with Gasteiger partial charge in [-0.15, -0.1) is 10.2 Å². The van der Waals surface area contributed by atoms with Gasteiger partial charge in [-0.05, 0) is 24.3 Å². The molecule has 27 heavy (non-hydrogen) atoms. The van der Waals surface area contributed by atoms with Crippen molar-refractivity contribution in [1.82, 2.24) is 19.8 Å².